The lowest BCUT2D eigenvalue weighted by atomic mass is 10.3. The number of alkyl halides is 3. The summed E-state index contributed by atoms with van der Waals surface area (Å²) in [6.07, 6.45) is -3.53. The van der Waals surface area contributed by atoms with Gasteiger partial charge in [0.15, 0.2) is 11.5 Å². The third-order valence-electron chi connectivity index (χ3n) is 2.62. The van der Waals surface area contributed by atoms with Gasteiger partial charge in [0.2, 0.25) is 0 Å². The van der Waals surface area contributed by atoms with Crippen LogP contribution in [0.25, 0.3) is 5.65 Å². The lowest BCUT2D eigenvalue weighted by molar-refractivity contribution is -0.137. The van der Waals surface area contributed by atoms with E-state index in [4.69, 9.17) is 16.3 Å². The maximum atomic E-state index is 12.7. The molecule has 0 radical (unpaired) electrons. The Morgan fingerprint density at radius 2 is 2.15 bits per heavy atom. The van der Waals surface area contributed by atoms with Crippen LogP contribution in [0.5, 0.6) is 0 Å². The van der Waals surface area contributed by atoms with Crippen LogP contribution < -0.4 is 5.32 Å². The Balaban J connectivity index is 2.30. The molecule has 0 amide bonds. The Kier molecular flexibility index (Phi) is 4.46. The fraction of sp³-hybridized carbons (Fsp3) is 0.455. The van der Waals surface area contributed by atoms with Gasteiger partial charge in [-0.15, -0.1) is 10.2 Å². The number of hydrogen-bond acceptors (Lipinski definition) is 4. The largest absolute Gasteiger partial charge is 0.417 e. The number of methoxy groups -OCH3 is 1. The first-order valence-corrected chi connectivity index (χ1v) is 6.11. The molecule has 0 atom stereocenters. The van der Waals surface area contributed by atoms with Crippen molar-refractivity contribution in [1.82, 2.24) is 19.9 Å². The van der Waals surface area contributed by atoms with Crippen molar-refractivity contribution in [2.24, 2.45) is 0 Å². The van der Waals surface area contributed by atoms with Crippen molar-refractivity contribution in [2.75, 3.05) is 20.3 Å². The Morgan fingerprint density at radius 3 is 2.80 bits per heavy atom. The van der Waals surface area contributed by atoms with E-state index in [1.165, 1.54) is 4.40 Å². The molecule has 0 fully saturated rings. The number of rotatable bonds is 5. The maximum Gasteiger partial charge on any atom is 0.417 e. The maximum absolute atomic E-state index is 12.7. The third kappa shape index (κ3) is 3.20. The summed E-state index contributed by atoms with van der Waals surface area (Å²) in [7, 11) is 1.56. The summed E-state index contributed by atoms with van der Waals surface area (Å²) < 4.78 is 44.3. The molecule has 0 saturated carbocycles. The van der Waals surface area contributed by atoms with Crippen LogP contribution in [-0.2, 0) is 17.5 Å². The van der Waals surface area contributed by atoms with Crippen molar-refractivity contribution in [3.05, 3.63) is 28.7 Å². The first-order chi connectivity index (χ1) is 9.43. The van der Waals surface area contributed by atoms with Gasteiger partial charge in [0.25, 0.3) is 0 Å². The molecular weight excluding hydrogens is 297 g/mol. The standard InChI is InChI=1S/C11H12ClF3N4O/c1-20-3-2-16-5-9-17-18-10-8(12)4-7(6-19(9)10)11(13,14)15/h4,6,16H,2-3,5H2,1H3. The van der Waals surface area contributed by atoms with E-state index in [0.717, 1.165) is 12.3 Å². The second kappa shape index (κ2) is 5.94. The van der Waals surface area contributed by atoms with Crippen molar-refractivity contribution in [3.63, 3.8) is 0 Å². The van der Waals surface area contributed by atoms with Crippen LogP contribution in [0.3, 0.4) is 0 Å². The molecule has 2 aromatic heterocycles. The highest BCUT2D eigenvalue weighted by molar-refractivity contribution is 6.33. The zero-order valence-corrected chi connectivity index (χ0v) is 11.3. The third-order valence-corrected chi connectivity index (χ3v) is 2.90. The summed E-state index contributed by atoms with van der Waals surface area (Å²) in [5.74, 6) is 0.351. The molecule has 0 aromatic carbocycles. The van der Waals surface area contributed by atoms with Gasteiger partial charge in [-0.2, -0.15) is 13.2 Å². The molecular formula is C11H12ClF3N4O. The van der Waals surface area contributed by atoms with Crippen LogP contribution >= 0.6 is 11.6 Å². The molecule has 2 heterocycles. The fourth-order valence-electron chi connectivity index (χ4n) is 1.65. The minimum absolute atomic E-state index is 0.0875. The zero-order chi connectivity index (χ0) is 14.8. The van der Waals surface area contributed by atoms with Crippen LogP contribution in [0.4, 0.5) is 13.2 Å². The van der Waals surface area contributed by atoms with Crippen molar-refractivity contribution in [3.8, 4) is 0 Å². The van der Waals surface area contributed by atoms with E-state index >= 15 is 0 Å². The molecule has 0 aliphatic carbocycles. The molecule has 0 bridgehead atoms. The molecule has 0 aliphatic rings. The molecule has 0 spiro atoms. The second-order valence-electron chi connectivity index (χ2n) is 4.05. The van der Waals surface area contributed by atoms with Crippen LogP contribution in [0.2, 0.25) is 5.02 Å². The number of aromatic nitrogens is 3. The minimum Gasteiger partial charge on any atom is -0.383 e. The van der Waals surface area contributed by atoms with E-state index in [0.29, 0.717) is 19.0 Å². The summed E-state index contributed by atoms with van der Waals surface area (Å²) in [5, 5.41) is 10.5. The van der Waals surface area contributed by atoms with Gasteiger partial charge in [0.05, 0.1) is 23.7 Å². The quantitative estimate of drug-likeness (QED) is 0.860. The van der Waals surface area contributed by atoms with Crippen molar-refractivity contribution in [1.29, 1.82) is 0 Å². The lowest BCUT2D eigenvalue weighted by Gasteiger charge is -2.09. The Morgan fingerprint density at radius 1 is 1.40 bits per heavy atom. The van der Waals surface area contributed by atoms with E-state index < -0.39 is 11.7 Å². The predicted molar refractivity (Wildman–Crippen MR) is 66.6 cm³/mol. The topological polar surface area (TPSA) is 51.5 Å². The number of ether oxygens (including phenoxy) is 1. The van der Waals surface area contributed by atoms with E-state index in [9.17, 15) is 13.2 Å². The SMILES string of the molecule is COCCNCc1nnc2c(Cl)cc(C(F)(F)F)cn12. The first-order valence-electron chi connectivity index (χ1n) is 5.73. The number of hydrogen-bond donors (Lipinski definition) is 1. The number of pyridine rings is 1. The molecule has 2 aromatic rings. The summed E-state index contributed by atoms with van der Waals surface area (Å²) in [6, 6.07) is 0.841. The van der Waals surface area contributed by atoms with Gasteiger partial charge >= 0.3 is 6.18 Å². The molecule has 110 valence electrons. The van der Waals surface area contributed by atoms with Gasteiger partial charge in [-0.05, 0) is 6.07 Å². The van der Waals surface area contributed by atoms with Crippen molar-refractivity contribution < 1.29 is 17.9 Å². The van der Waals surface area contributed by atoms with E-state index in [-0.39, 0.29) is 17.2 Å². The fourth-order valence-corrected chi connectivity index (χ4v) is 1.90. The Bertz CT molecular complexity index is 599. The molecule has 5 nitrogen and oxygen atoms in total. The molecule has 0 saturated heterocycles. The average Bonchev–Trinajstić information content (AvgIpc) is 2.77. The van der Waals surface area contributed by atoms with Crippen LogP contribution in [0.1, 0.15) is 11.4 Å². The number of halogens is 4. The molecule has 0 unspecified atom stereocenters. The van der Waals surface area contributed by atoms with Crippen molar-refractivity contribution in [2.45, 2.75) is 12.7 Å². The first kappa shape index (κ1) is 15.0. The summed E-state index contributed by atoms with van der Waals surface area (Å²) in [5.41, 5.74) is -0.642. The van der Waals surface area contributed by atoms with Crippen LogP contribution in [0, 0.1) is 0 Å². The summed E-state index contributed by atoms with van der Waals surface area (Å²) in [4.78, 5) is 0. The van der Waals surface area contributed by atoms with E-state index in [2.05, 4.69) is 15.5 Å². The van der Waals surface area contributed by atoms with E-state index in [1.807, 2.05) is 0 Å². The zero-order valence-electron chi connectivity index (χ0n) is 10.5. The molecule has 9 heteroatoms. The normalized spacial score (nSPS) is 12.2. The second-order valence-corrected chi connectivity index (χ2v) is 4.46. The number of nitrogens with zero attached hydrogens (tertiary/aromatic N) is 3. The molecule has 0 aliphatic heterocycles. The van der Waals surface area contributed by atoms with Gasteiger partial charge in [-0.1, -0.05) is 11.6 Å². The monoisotopic (exact) mass is 308 g/mol. The minimum atomic E-state index is -4.47. The Labute approximate surface area is 117 Å². The number of nitrogens with one attached hydrogen (secondary N) is 1. The highest BCUT2D eigenvalue weighted by Crippen LogP contribution is 2.32. The molecule has 20 heavy (non-hydrogen) atoms. The smallest absolute Gasteiger partial charge is 0.383 e. The van der Waals surface area contributed by atoms with Crippen LogP contribution in [0.15, 0.2) is 12.3 Å². The van der Waals surface area contributed by atoms with Gasteiger partial charge in [0.1, 0.15) is 0 Å². The highest BCUT2D eigenvalue weighted by atomic mass is 35.5. The van der Waals surface area contributed by atoms with Gasteiger partial charge < -0.3 is 10.1 Å². The van der Waals surface area contributed by atoms with Gasteiger partial charge in [-0.25, -0.2) is 0 Å². The molecule has 2 rings (SSSR count). The lowest BCUT2D eigenvalue weighted by Crippen LogP contribution is -2.20. The van der Waals surface area contributed by atoms with Crippen molar-refractivity contribution >= 4 is 17.2 Å². The van der Waals surface area contributed by atoms with Crippen LogP contribution in [-0.4, -0.2) is 34.9 Å². The van der Waals surface area contributed by atoms with Gasteiger partial charge in [0, 0.05) is 19.9 Å². The summed E-state index contributed by atoms with van der Waals surface area (Å²) >= 11 is 5.80. The van der Waals surface area contributed by atoms with Gasteiger partial charge in [-0.3, -0.25) is 4.40 Å². The number of fused-ring (bicyclic) bond motifs is 1. The molecule has 1 N–H and O–H groups in total. The highest BCUT2D eigenvalue weighted by Gasteiger charge is 2.32. The average molecular weight is 309 g/mol. The summed E-state index contributed by atoms with van der Waals surface area (Å²) in [6.45, 7) is 1.31. The predicted octanol–water partition coefficient (Wildman–Crippen LogP) is 2.14. The van der Waals surface area contributed by atoms with E-state index in [1.54, 1.807) is 7.11 Å². The Hall–Kier alpha value is -1.38.